The van der Waals surface area contributed by atoms with Gasteiger partial charge in [-0.3, -0.25) is 14.3 Å². The summed E-state index contributed by atoms with van der Waals surface area (Å²) in [6, 6.07) is 12.4. The number of carbonyl (C=O) groups is 2. The minimum absolute atomic E-state index is 0.0562. The molecule has 1 aliphatic heterocycles. The van der Waals surface area contributed by atoms with Gasteiger partial charge in [-0.1, -0.05) is 12.1 Å². The zero-order valence-corrected chi connectivity index (χ0v) is 18.7. The number of pyridine rings is 1. The van der Waals surface area contributed by atoms with Crippen molar-refractivity contribution in [1.82, 2.24) is 19.7 Å². The van der Waals surface area contributed by atoms with Gasteiger partial charge >= 0.3 is 0 Å². The summed E-state index contributed by atoms with van der Waals surface area (Å²) < 4.78 is 7.17. The molecular weight excluding hydrogens is 418 g/mol. The fraction of sp³-hybridized carbons (Fsp3) is 0.280. The van der Waals surface area contributed by atoms with Gasteiger partial charge in [0, 0.05) is 20.1 Å². The Labute approximate surface area is 191 Å². The SMILES string of the molecule is Cc1nn(C)c2nc(-c3ccco3)cc(C(=O)Nc3ccccc3C(=O)N3CCCCC3)c12. The second kappa shape index (κ2) is 8.54. The average Bonchev–Trinajstić information content (AvgIpc) is 3.47. The smallest absolute Gasteiger partial charge is 0.256 e. The molecule has 33 heavy (non-hydrogen) atoms. The monoisotopic (exact) mass is 443 g/mol. The molecule has 1 N–H and O–H groups in total. The van der Waals surface area contributed by atoms with E-state index in [0.29, 0.717) is 45.0 Å². The number of amides is 2. The van der Waals surface area contributed by atoms with Crippen LogP contribution in [-0.4, -0.2) is 44.6 Å². The quantitative estimate of drug-likeness (QED) is 0.504. The molecule has 0 radical (unpaired) electrons. The number of nitrogens with zero attached hydrogens (tertiary/aromatic N) is 4. The van der Waals surface area contributed by atoms with E-state index in [4.69, 9.17) is 4.42 Å². The summed E-state index contributed by atoms with van der Waals surface area (Å²) in [5.41, 5.74) is 3.24. The number of furan rings is 1. The third kappa shape index (κ3) is 3.88. The highest BCUT2D eigenvalue weighted by molar-refractivity contribution is 6.15. The first kappa shape index (κ1) is 20.9. The summed E-state index contributed by atoms with van der Waals surface area (Å²) in [5.74, 6) is 0.176. The molecule has 0 bridgehead atoms. The summed E-state index contributed by atoms with van der Waals surface area (Å²) in [6.45, 7) is 3.34. The zero-order valence-electron chi connectivity index (χ0n) is 18.7. The predicted molar refractivity (Wildman–Crippen MR) is 125 cm³/mol. The van der Waals surface area contributed by atoms with Crippen molar-refractivity contribution in [2.75, 3.05) is 18.4 Å². The van der Waals surface area contributed by atoms with E-state index in [1.807, 2.05) is 24.0 Å². The van der Waals surface area contributed by atoms with Crippen LogP contribution in [0.4, 0.5) is 5.69 Å². The van der Waals surface area contributed by atoms with E-state index in [1.54, 1.807) is 48.3 Å². The van der Waals surface area contributed by atoms with Crippen molar-refractivity contribution in [2.24, 2.45) is 7.05 Å². The van der Waals surface area contributed by atoms with Crippen LogP contribution in [0.25, 0.3) is 22.5 Å². The lowest BCUT2D eigenvalue weighted by Crippen LogP contribution is -2.36. The fourth-order valence-corrected chi connectivity index (χ4v) is 4.41. The molecule has 8 nitrogen and oxygen atoms in total. The topological polar surface area (TPSA) is 93.3 Å². The van der Waals surface area contributed by atoms with Crippen LogP contribution < -0.4 is 5.32 Å². The van der Waals surface area contributed by atoms with E-state index in [-0.39, 0.29) is 11.8 Å². The van der Waals surface area contributed by atoms with Crippen LogP contribution in [0.1, 0.15) is 45.7 Å². The van der Waals surface area contributed by atoms with Gasteiger partial charge in [0.2, 0.25) is 0 Å². The van der Waals surface area contributed by atoms with Gasteiger partial charge < -0.3 is 14.6 Å². The van der Waals surface area contributed by atoms with Gasteiger partial charge in [-0.2, -0.15) is 5.10 Å². The largest absolute Gasteiger partial charge is 0.463 e. The highest BCUT2D eigenvalue weighted by Crippen LogP contribution is 2.28. The predicted octanol–water partition coefficient (Wildman–Crippen LogP) is 4.42. The molecule has 1 aromatic carbocycles. The number of benzene rings is 1. The number of fused-ring (bicyclic) bond motifs is 1. The Bertz CT molecular complexity index is 1330. The van der Waals surface area contributed by atoms with Crippen molar-refractivity contribution >= 4 is 28.5 Å². The number of hydrogen-bond donors (Lipinski definition) is 1. The number of rotatable bonds is 4. The maximum atomic E-state index is 13.5. The van der Waals surface area contributed by atoms with Crippen molar-refractivity contribution in [3.63, 3.8) is 0 Å². The first-order valence-corrected chi connectivity index (χ1v) is 11.1. The molecule has 0 spiro atoms. The lowest BCUT2D eigenvalue weighted by Gasteiger charge is -2.27. The number of hydrogen-bond acceptors (Lipinski definition) is 5. The van der Waals surface area contributed by atoms with Crippen LogP contribution in [0.2, 0.25) is 0 Å². The lowest BCUT2D eigenvalue weighted by atomic mass is 10.1. The van der Waals surface area contributed by atoms with Gasteiger partial charge in [0.05, 0.1) is 34.2 Å². The fourth-order valence-electron chi connectivity index (χ4n) is 4.41. The van der Waals surface area contributed by atoms with E-state index in [1.165, 1.54) is 0 Å². The number of likely N-dealkylation sites (tertiary alicyclic amines) is 1. The van der Waals surface area contributed by atoms with Crippen LogP contribution in [0.15, 0.2) is 53.1 Å². The maximum absolute atomic E-state index is 13.5. The molecule has 3 aromatic heterocycles. The molecule has 8 heteroatoms. The van der Waals surface area contributed by atoms with Crippen molar-refractivity contribution in [3.05, 3.63) is 65.5 Å². The second-order valence-electron chi connectivity index (χ2n) is 8.29. The molecule has 5 rings (SSSR count). The van der Waals surface area contributed by atoms with E-state index in [2.05, 4.69) is 15.4 Å². The summed E-state index contributed by atoms with van der Waals surface area (Å²) in [6.07, 6.45) is 4.72. The number of para-hydroxylation sites is 1. The molecular formula is C25H25N5O3. The Balaban J connectivity index is 1.54. The Hall–Kier alpha value is -3.94. The third-order valence-corrected chi connectivity index (χ3v) is 6.04. The summed E-state index contributed by atoms with van der Waals surface area (Å²) in [5, 5.41) is 8.09. The molecule has 1 saturated heterocycles. The highest BCUT2D eigenvalue weighted by atomic mass is 16.3. The normalized spacial score (nSPS) is 13.9. The number of anilines is 1. The molecule has 2 amide bonds. The van der Waals surface area contributed by atoms with Gasteiger partial charge in [-0.15, -0.1) is 0 Å². The van der Waals surface area contributed by atoms with Gasteiger partial charge in [0.1, 0.15) is 5.69 Å². The minimum atomic E-state index is -0.329. The van der Waals surface area contributed by atoms with Gasteiger partial charge in [-0.05, 0) is 56.5 Å². The number of piperidine rings is 1. The summed E-state index contributed by atoms with van der Waals surface area (Å²) >= 11 is 0. The zero-order chi connectivity index (χ0) is 22.9. The van der Waals surface area contributed by atoms with Crippen LogP contribution in [-0.2, 0) is 7.05 Å². The minimum Gasteiger partial charge on any atom is -0.463 e. The van der Waals surface area contributed by atoms with Crippen molar-refractivity contribution in [2.45, 2.75) is 26.2 Å². The van der Waals surface area contributed by atoms with Crippen LogP contribution in [0.5, 0.6) is 0 Å². The van der Waals surface area contributed by atoms with Crippen molar-refractivity contribution in [3.8, 4) is 11.5 Å². The Morgan fingerprint density at radius 1 is 1.03 bits per heavy atom. The Morgan fingerprint density at radius 3 is 2.58 bits per heavy atom. The van der Waals surface area contributed by atoms with E-state index in [9.17, 15) is 9.59 Å². The van der Waals surface area contributed by atoms with E-state index >= 15 is 0 Å². The van der Waals surface area contributed by atoms with Gasteiger partial charge in [0.15, 0.2) is 11.4 Å². The van der Waals surface area contributed by atoms with Crippen molar-refractivity contribution in [1.29, 1.82) is 0 Å². The Kier molecular flexibility index (Phi) is 5.42. The standard InChI is InChI=1S/C25H25N5O3/c1-16-22-18(15-20(21-11-8-14-33-21)26-23(22)29(2)28-16)24(31)27-19-10-5-4-9-17(19)25(32)30-12-6-3-7-13-30/h4-5,8-11,14-15H,3,6-7,12-13H2,1-2H3,(H,27,31). The third-order valence-electron chi connectivity index (χ3n) is 6.04. The molecule has 0 unspecified atom stereocenters. The number of aryl methyl sites for hydroxylation is 2. The number of carbonyl (C=O) groups excluding carboxylic acids is 2. The summed E-state index contributed by atoms with van der Waals surface area (Å²) in [7, 11) is 1.79. The maximum Gasteiger partial charge on any atom is 0.256 e. The van der Waals surface area contributed by atoms with E-state index < -0.39 is 0 Å². The first-order valence-electron chi connectivity index (χ1n) is 11.1. The van der Waals surface area contributed by atoms with Gasteiger partial charge in [0.25, 0.3) is 11.8 Å². The molecule has 1 aliphatic rings. The Morgan fingerprint density at radius 2 is 1.82 bits per heavy atom. The van der Waals surface area contributed by atoms with Crippen LogP contribution in [0.3, 0.4) is 0 Å². The van der Waals surface area contributed by atoms with Crippen molar-refractivity contribution < 1.29 is 14.0 Å². The highest BCUT2D eigenvalue weighted by Gasteiger charge is 2.24. The number of nitrogens with one attached hydrogen (secondary N) is 1. The van der Waals surface area contributed by atoms with Crippen LogP contribution in [0, 0.1) is 6.92 Å². The summed E-state index contributed by atoms with van der Waals surface area (Å²) in [4.78, 5) is 33.2. The second-order valence-corrected chi connectivity index (χ2v) is 8.29. The molecule has 4 heterocycles. The molecule has 0 saturated carbocycles. The molecule has 4 aromatic rings. The van der Waals surface area contributed by atoms with Gasteiger partial charge in [-0.25, -0.2) is 4.98 Å². The molecule has 0 aliphatic carbocycles. The van der Waals surface area contributed by atoms with E-state index in [0.717, 1.165) is 32.4 Å². The molecule has 168 valence electrons. The number of aromatic nitrogens is 3. The molecule has 0 atom stereocenters. The van der Waals surface area contributed by atoms with Crippen LogP contribution >= 0.6 is 0 Å². The average molecular weight is 444 g/mol. The lowest BCUT2D eigenvalue weighted by molar-refractivity contribution is 0.0725. The first-order chi connectivity index (χ1) is 16.0. The molecule has 1 fully saturated rings.